The summed E-state index contributed by atoms with van der Waals surface area (Å²) in [5, 5.41) is 0. The first-order chi connectivity index (χ1) is 7.75. The maximum absolute atomic E-state index is 11.2. The topological polar surface area (TPSA) is 81.9 Å². The molecule has 6 heteroatoms. The Bertz CT molecular complexity index is 260. The van der Waals surface area contributed by atoms with Crippen molar-refractivity contribution in [1.82, 2.24) is 4.90 Å². The average Bonchev–Trinajstić information content (AvgIpc) is 2.59. The summed E-state index contributed by atoms with van der Waals surface area (Å²) in [5.74, 6) is 4.24. The van der Waals surface area contributed by atoms with Crippen LogP contribution in [0.3, 0.4) is 0 Å². The number of rotatable bonds is 8. The van der Waals surface area contributed by atoms with E-state index in [1.807, 2.05) is 0 Å². The third kappa shape index (κ3) is 4.09. The number of unbranched alkanes of at least 4 members (excludes halogenated alkanes) is 3. The van der Waals surface area contributed by atoms with E-state index < -0.39 is 0 Å². The smallest absolute Gasteiger partial charge is 0.253 e. The van der Waals surface area contributed by atoms with Crippen LogP contribution in [0.4, 0.5) is 0 Å². The van der Waals surface area contributed by atoms with Crippen molar-refractivity contribution in [3.8, 4) is 0 Å². The molecule has 0 aromatic carbocycles. The molecule has 1 aliphatic rings. The molecule has 0 unspecified atom stereocenters. The highest BCUT2D eigenvalue weighted by molar-refractivity contribution is 6.12. The molecule has 2 N–H and O–H groups in total. The molecule has 0 aliphatic carbocycles. The largest absolute Gasteiger partial charge is 0.275 e. The summed E-state index contributed by atoms with van der Waals surface area (Å²) < 4.78 is 0. The van der Waals surface area contributed by atoms with Crippen LogP contribution in [0, 0.1) is 0 Å². The minimum absolute atomic E-state index is 0.218. The third-order valence-corrected chi connectivity index (χ3v) is 2.33. The Morgan fingerprint density at radius 3 is 2.31 bits per heavy atom. The van der Waals surface area contributed by atoms with E-state index in [0.717, 1.165) is 25.7 Å². The fraction of sp³-hybridized carbons (Fsp3) is 0.600. The zero-order chi connectivity index (χ0) is 11.8. The second-order valence-corrected chi connectivity index (χ2v) is 3.49. The zero-order valence-electron chi connectivity index (χ0n) is 9.05. The first-order valence-corrected chi connectivity index (χ1v) is 5.27. The van der Waals surface area contributed by atoms with Crippen molar-refractivity contribution in [2.75, 3.05) is 13.2 Å². The van der Waals surface area contributed by atoms with Crippen molar-refractivity contribution in [3.05, 3.63) is 12.2 Å². The number of imide groups is 1. The fourth-order valence-corrected chi connectivity index (χ4v) is 1.48. The second kappa shape index (κ2) is 7.10. The van der Waals surface area contributed by atoms with Crippen LogP contribution in [-0.4, -0.2) is 29.9 Å². The number of hydrogen-bond donors (Lipinski definition) is 1. The van der Waals surface area contributed by atoms with Crippen LogP contribution in [0.1, 0.15) is 25.7 Å². The number of carbonyl (C=O) groups excluding carboxylic acids is 2. The van der Waals surface area contributed by atoms with Gasteiger partial charge in [0.25, 0.3) is 11.8 Å². The monoisotopic (exact) mass is 228 g/mol. The number of nitrogens with zero attached hydrogens (tertiary/aromatic N) is 1. The number of nitrogens with two attached hydrogens (primary N) is 1. The van der Waals surface area contributed by atoms with Crippen molar-refractivity contribution >= 4 is 11.8 Å². The van der Waals surface area contributed by atoms with Gasteiger partial charge >= 0.3 is 0 Å². The lowest BCUT2D eigenvalue weighted by molar-refractivity contribution is -0.299. The van der Waals surface area contributed by atoms with E-state index in [1.165, 1.54) is 17.1 Å². The van der Waals surface area contributed by atoms with Gasteiger partial charge in [-0.3, -0.25) is 14.5 Å². The normalized spacial score (nSPS) is 15.2. The highest BCUT2D eigenvalue weighted by Crippen LogP contribution is 2.07. The van der Waals surface area contributed by atoms with Crippen LogP contribution in [0.25, 0.3) is 0 Å². The maximum atomic E-state index is 11.2. The van der Waals surface area contributed by atoms with Gasteiger partial charge in [-0.2, -0.15) is 5.90 Å². The van der Waals surface area contributed by atoms with Crippen molar-refractivity contribution in [1.29, 1.82) is 0 Å². The molecule has 0 bridgehead atoms. The Hall–Kier alpha value is -1.24. The van der Waals surface area contributed by atoms with Gasteiger partial charge in [0.1, 0.15) is 0 Å². The molecule has 0 fully saturated rings. The molecule has 0 saturated carbocycles. The first kappa shape index (κ1) is 12.8. The molecule has 90 valence electrons. The standard InChI is InChI=1S/C10H16N2O4/c11-16-15-8-4-2-1-3-7-12-9(13)5-6-10(12)14/h5-6H,1-4,7-8,11H2. The molecule has 0 radical (unpaired) electrons. The molecule has 0 spiro atoms. The van der Waals surface area contributed by atoms with Crippen molar-refractivity contribution in [2.45, 2.75) is 25.7 Å². The van der Waals surface area contributed by atoms with Gasteiger partial charge in [0.2, 0.25) is 0 Å². The van der Waals surface area contributed by atoms with E-state index in [1.54, 1.807) is 0 Å². The van der Waals surface area contributed by atoms with Gasteiger partial charge in [-0.1, -0.05) is 12.8 Å². The van der Waals surface area contributed by atoms with E-state index >= 15 is 0 Å². The van der Waals surface area contributed by atoms with Crippen LogP contribution in [0.5, 0.6) is 0 Å². The van der Waals surface area contributed by atoms with Crippen LogP contribution in [0.2, 0.25) is 0 Å². The fourth-order valence-electron chi connectivity index (χ4n) is 1.48. The van der Waals surface area contributed by atoms with E-state index in [4.69, 9.17) is 0 Å². The van der Waals surface area contributed by atoms with Crippen LogP contribution >= 0.6 is 0 Å². The highest BCUT2D eigenvalue weighted by atomic mass is 17.3. The lowest BCUT2D eigenvalue weighted by Gasteiger charge is -2.12. The molecule has 6 nitrogen and oxygen atoms in total. The molecule has 0 aromatic rings. The summed E-state index contributed by atoms with van der Waals surface area (Å²) >= 11 is 0. The molecule has 1 aliphatic heterocycles. The Labute approximate surface area is 93.9 Å². The Morgan fingerprint density at radius 1 is 1.06 bits per heavy atom. The minimum Gasteiger partial charge on any atom is -0.275 e. The van der Waals surface area contributed by atoms with Crippen molar-refractivity contribution in [3.63, 3.8) is 0 Å². The van der Waals surface area contributed by atoms with Gasteiger partial charge in [-0.25, -0.2) is 4.89 Å². The average molecular weight is 228 g/mol. The summed E-state index contributed by atoms with van der Waals surface area (Å²) in [5.41, 5.74) is 0. The molecular formula is C10H16N2O4. The predicted octanol–water partition coefficient (Wildman–Crippen LogP) is 0.294. The van der Waals surface area contributed by atoms with Gasteiger partial charge in [0.05, 0.1) is 6.61 Å². The second-order valence-electron chi connectivity index (χ2n) is 3.49. The summed E-state index contributed by atoms with van der Waals surface area (Å²) in [4.78, 5) is 32.0. The van der Waals surface area contributed by atoms with E-state index in [2.05, 4.69) is 15.8 Å². The summed E-state index contributed by atoms with van der Waals surface area (Å²) in [7, 11) is 0. The lowest BCUT2D eigenvalue weighted by Crippen LogP contribution is -2.30. The molecule has 16 heavy (non-hydrogen) atoms. The predicted molar refractivity (Wildman–Crippen MR) is 55.6 cm³/mol. The Morgan fingerprint density at radius 2 is 1.69 bits per heavy atom. The molecule has 0 aromatic heterocycles. The van der Waals surface area contributed by atoms with Gasteiger partial charge in [-0.05, 0) is 12.8 Å². The van der Waals surface area contributed by atoms with Crippen molar-refractivity contribution in [2.24, 2.45) is 5.90 Å². The Kier molecular flexibility index (Phi) is 5.69. The molecule has 0 saturated heterocycles. The van der Waals surface area contributed by atoms with Crippen LogP contribution in [0.15, 0.2) is 12.2 Å². The Balaban J connectivity index is 1.99. The molecule has 2 amide bonds. The number of carbonyl (C=O) groups is 2. The summed E-state index contributed by atoms with van der Waals surface area (Å²) in [6.45, 7) is 0.943. The van der Waals surface area contributed by atoms with Gasteiger partial charge in [-0.15, -0.1) is 4.99 Å². The van der Waals surface area contributed by atoms with Crippen molar-refractivity contribution < 1.29 is 19.5 Å². The molecule has 1 rings (SSSR count). The van der Waals surface area contributed by atoms with E-state index in [9.17, 15) is 9.59 Å². The maximum Gasteiger partial charge on any atom is 0.253 e. The molecular weight excluding hydrogens is 212 g/mol. The van der Waals surface area contributed by atoms with Crippen LogP contribution < -0.4 is 5.90 Å². The minimum atomic E-state index is -0.218. The summed E-state index contributed by atoms with van der Waals surface area (Å²) in [6, 6.07) is 0. The zero-order valence-corrected chi connectivity index (χ0v) is 9.05. The van der Waals surface area contributed by atoms with Gasteiger partial charge in [0, 0.05) is 18.7 Å². The van der Waals surface area contributed by atoms with E-state index in [0.29, 0.717) is 13.2 Å². The van der Waals surface area contributed by atoms with E-state index in [-0.39, 0.29) is 11.8 Å². The molecule has 1 heterocycles. The quantitative estimate of drug-likeness (QED) is 0.279. The number of hydrogen-bond acceptors (Lipinski definition) is 5. The van der Waals surface area contributed by atoms with Gasteiger partial charge in [0.15, 0.2) is 0 Å². The highest BCUT2D eigenvalue weighted by Gasteiger charge is 2.21. The lowest BCUT2D eigenvalue weighted by atomic mass is 10.2. The third-order valence-electron chi connectivity index (χ3n) is 2.33. The molecule has 0 atom stereocenters. The number of amides is 2. The van der Waals surface area contributed by atoms with Crippen LogP contribution in [-0.2, 0) is 19.5 Å². The first-order valence-electron chi connectivity index (χ1n) is 5.27. The SMILES string of the molecule is NOOCCCCCCN1C(=O)C=CC1=O. The summed E-state index contributed by atoms with van der Waals surface area (Å²) in [6.07, 6.45) is 6.14. The van der Waals surface area contributed by atoms with Gasteiger partial charge < -0.3 is 0 Å².